The second-order valence-electron chi connectivity index (χ2n) is 10.7. The zero-order chi connectivity index (χ0) is 29.1. The molecule has 1 saturated carbocycles. The summed E-state index contributed by atoms with van der Waals surface area (Å²) in [4.78, 5) is 34.3. The van der Waals surface area contributed by atoms with Gasteiger partial charge in [-0.05, 0) is 63.2 Å². The highest BCUT2D eigenvalue weighted by molar-refractivity contribution is 6.16. The third kappa shape index (κ3) is 6.77. The first-order valence-corrected chi connectivity index (χ1v) is 13.2. The summed E-state index contributed by atoms with van der Waals surface area (Å²) in [5.41, 5.74) is -1.52. The molecule has 0 radical (unpaired) electrons. The van der Waals surface area contributed by atoms with Crippen LogP contribution in [0, 0.1) is 28.8 Å². The van der Waals surface area contributed by atoms with Gasteiger partial charge in [0.05, 0.1) is 12.4 Å². The molecule has 2 aliphatic rings. The Morgan fingerprint density at radius 1 is 1.00 bits per heavy atom. The molecule has 1 aromatic heterocycles. The van der Waals surface area contributed by atoms with Gasteiger partial charge in [0.2, 0.25) is 11.8 Å². The third-order valence-corrected chi connectivity index (χ3v) is 7.09. The highest BCUT2D eigenvalue weighted by Crippen LogP contribution is 2.47. The van der Waals surface area contributed by atoms with Gasteiger partial charge >= 0.3 is 0 Å². The van der Waals surface area contributed by atoms with Crippen molar-refractivity contribution < 1.29 is 27.5 Å². The number of halogens is 3. The molecule has 1 aliphatic heterocycles. The first-order chi connectivity index (χ1) is 19.6. The standard InChI is InChI=1S/C29H31F3N6O3/c1-37(2)14-18-15-38(16-18)17-34-26-11-21(7-10-33-26)41-25-13-22(31)24(12-23(25)32)36-28(40)29(8-9-29)27(39)35-20-5-3-19(30)4-6-20/h3-7,10-13,18H,8-9,14-17H2,1-2H3,(H,33,34)(H,35,39)(H,36,40). The minimum absolute atomic E-state index is 0.240. The van der Waals surface area contributed by atoms with Crippen LogP contribution in [-0.4, -0.2) is 67.0 Å². The van der Waals surface area contributed by atoms with Crippen LogP contribution in [0.2, 0.25) is 0 Å². The van der Waals surface area contributed by atoms with E-state index in [1.807, 2.05) is 0 Å². The Morgan fingerprint density at radius 2 is 1.71 bits per heavy atom. The first-order valence-electron chi connectivity index (χ1n) is 13.2. The number of hydrogen-bond donors (Lipinski definition) is 3. The average Bonchev–Trinajstić information content (AvgIpc) is 3.72. The fourth-order valence-electron chi connectivity index (χ4n) is 4.74. The van der Waals surface area contributed by atoms with Crippen LogP contribution in [0.3, 0.4) is 0 Å². The Morgan fingerprint density at radius 3 is 2.39 bits per heavy atom. The van der Waals surface area contributed by atoms with E-state index in [4.69, 9.17) is 4.74 Å². The molecule has 216 valence electrons. The Kier molecular flexibility index (Phi) is 8.13. The van der Waals surface area contributed by atoms with E-state index in [1.165, 1.54) is 36.5 Å². The van der Waals surface area contributed by atoms with E-state index in [2.05, 4.69) is 44.8 Å². The zero-order valence-electron chi connectivity index (χ0n) is 22.7. The number of carbonyl (C=O) groups is 2. The van der Waals surface area contributed by atoms with E-state index in [0.717, 1.165) is 31.8 Å². The lowest BCUT2D eigenvalue weighted by Crippen LogP contribution is -2.52. The summed E-state index contributed by atoms with van der Waals surface area (Å²) in [6.45, 7) is 3.60. The molecule has 0 bridgehead atoms. The van der Waals surface area contributed by atoms with Gasteiger partial charge in [-0.1, -0.05) is 0 Å². The topological polar surface area (TPSA) is 98.8 Å². The quantitative estimate of drug-likeness (QED) is 0.293. The second kappa shape index (κ2) is 11.8. The molecule has 41 heavy (non-hydrogen) atoms. The van der Waals surface area contributed by atoms with Crippen molar-refractivity contribution in [2.75, 3.05) is 56.3 Å². The second-order valence-corrected chi connectivity index (χ2v) is 10.7. The van der Waals surface area contributed by atoms with Crippen LogP contribution >= 0.6 is 0 Å². The van der Waals surface area contributed by atoms with Crippen molar-refractivity contribution in [3.63, 3.8) is 0 Å². The summed E-state index contributed by atoms with van der Waals surface area (Å²) in [6, 6.07) is 9.83. The normalized spacial score (nSPS) is 16.1. The van der Waals surface area contributed by atoms with Gasteiger partial charge in [0, 0.05) is 49.7 Å². The van der Waals surface area contributed by atoms with Gasteiger partial charge in [0.1, 0.15) is 22.8 Å². The molecule has 5 rings (SSSR count). The lowest BCUT2D eigenvalue weighted by Gasteiger charge is -2.40. The predicted octanol–water partition coefficient (Wildman–Crippen LogP) is 4.51. The van der Waals surface area contributed by atoms with Gasteiger partial charge < -0.3 is 25.6 Å². The monoisotopic (exact) mass is 568 g/mol. The van der Waals surface area contributed by atoms with E-state index < -0.39 is 40.4 Å². The first kappa shape index (κ1) is 28.4. The fourth-order valence-corrected chi connectivity index (χ4v) is 4.74. The fraction of sp³-hybridized carbons (Fsp3) is 0.345. The molecular formula is C29H31F3N6O3. The van der Waals surface area contributed by atoms with Gasteiger partial charge in [0.25, 0.3) is 0 Å². The van der Waals surface area contributed by atoms with Crippen molar-refractivity contribution in [3.8, 4) is 11.5 Å². The van der Waals surface area contributed by atoms with Gasteiger partial charge in [-0.2, -0.15) is 0 Å². The SMILES string of the molecule is CN(C)CC1CN(CNc2cc(Oc3cc(F)c(NC(=O)C4(C(=O)Nc5ccc(F)cc5)CC4)cc3F)ccn2)C1. The minimum Gasteiger partial charge on any atom is -0.454 e. The Labute approximate surface area is 235 Å². The van der Waals surface area contributed by atoms with Crippen molar-refractivity contribution in [1.82, 2.24) is 14.8 Å². The van der Waals surface area contributed by atoms with Crippen LogP contribution in [0.1, 0.15) is 12.8 Å². The maximum Gasteiger partial charge on any atom is 0.240 e. The molecule has 0 atom stereocenters. The number of ether oxygens (including phenoxy) is 1. The molecule has 0 spiro atoms. The van der Waals surface area contributed by atoms with E-state index in [0.29, 0.717) is 24.1 Å². The van der Waals surface area contributed by atoms with Gasteiger partial charge in [-0.15, -0.1) is 0 Å². The van der Waals surface area contributed by atoms with Crippen LogP contribution in [0.25, 0.3) is 0 Å². The average molecular weight is 569 g/mol. The van der Waals surface area contributed by atoms with Crippen LogP contribution in [0.5, 0.6) is 11.5 Å². The lowest BCUT2D eigenvalue weighted by atomic mass is 10.0. The summed E-state index contributed by atoms with van der Waals surface area (Å²) in [5.74, 6) is -2.63. The summed E-state index contributed by atoms with van der Waals surface area (Å²) >= 11 is 0. The van der Waals surface area contributed by atoms with Crippen LogP contribution in [0.4, 0.5) is 30.4 Å². The van der Waals surface area contributed by atoms with Gasteiger partial charge in [0.15, 0.2) is 17.4 Å². The Balaban J connectivity index is 1.17. The van der Waals surface area contributed by atoms with Crippen molar-refractivity contribution in [2.45, 2.75) is 12.8 Å². The molecule has 2 aromatic carbocycles. The van der Waals surface area contributed by atoms with Crippen molar-refractivity contribution in [2.24, 2.45) is 11.3 Å². The van der Waals surface area contributed by atoms with E-state index >= 15 is 0 Å². The smallest absolute Gasteiger partial charge is 0.240 e. The molecule has 9 nitrogen and oxygen atoms in total. The predicted molar refractivity (Wildman–Crippen MR) is 148 cm³/mol. The Hall–Kier alpha value is -4.16. The number of amides is 2. The highest BCUT2D eigenvalue weighted by Gasteiger charge is 2.56. The van der Waals surface area contributed by atoms with Crippen LogP contribution < -0.4 is 20.7 Å². The number of benzene rings is 2. The van der Waals surface area contributed by atoms with Crippen LogP contribution in [0.15, 0.2) is 54.7 Å². The molecule has 0 unspecified atom stereocenters. The Bertz CT molecular complexity index is 1430. The molecule has 12 heteroatoms. The number of nitrogens with zero attached hydrogens (tertiary/aromatic N) is 3. The zero-order valence-corrected chi connectivity index (χ0v) is 22.7. The number of nitrogens with one attached hydrogen (secondary N) is 3. The molecule has 1 aliphatic carbocycles. The summed E-state index contributed by atoms with van der Waals surface area (Å²) < 4.78 is 48.5. The summed E-state index contributed by atoms with van der Waals surface area (Å²) in [5, 5.41) is 8.10. The van der Waals surface area contributed by atoms with Crippen LogP contribution in [-0.2, 0) is 9.59 Å². The van der Waals surface area contributed by atoms with Gasteiger partial charge in [-0.3, -0.25) is 14.5 Å². The van der Waals surface area contributed by atoms with Gasteiger partial charge in [-0.25, -0.2) is 18.2 Å². The third-order valence-electron chi connectivity index (χ3n) is 7.09. The molecule has 3 aromatic rings. The minimum atomic E-state index is -1.42. The molecule has 1 saturated heterocycles. The molecule has 3 N–H and O–H groups in total. The molecular weight excluding hydrogens is 537 g/mol. The number of rotatable bonds is 11. The largest absolute Gasteiger partial charge is 0.454 e. The summed E-state index contributed by atoms with van der Waals surface area (Å²) in [7, 11) is 4.11. The summed E-state index contributed by atoms with van der Waals surface area (Å²) in [6.07, 6.45) is 1.98. The van der Waals surface area contributed by atoms with Crippen molar-refractivity contribution >= 4 is 29.0 Å². The van der Waals surface area contributed by atoms with E-state index in [1.54, 1.807) is 6.07 Å². The highest BCUT2D eigenvalue weighted by atomic mass is 19.1. The maximum atomic E-state index is 14.9. The molecule has 2 amide bonds. The number of pyridine rings is 1. The molecule has 2 fully saturated rings. The maximum absolute atomic E-state index is 14.9. The molecule has 2 heterocycles. The van der Waals surface area contributed by atoms with E-state index in [-0.39, 0.29) is 24.3 Å². The number of likely N-dealkylation sites (tertiary alicyclic amines) is 1. The lowest BCUT2D eigenvalue weighted by molar-refractivity contribution is -0.131. The number of hydrogen-bond acceptors (Lipinski definition) is 7. The van der Waals surface area contributed by atoms with Crippen molar-refractivity contribution in [3.05, 3.63) is 72.2 Å². The number of carbonyl (C=O) groups excluding carboxylic acids is 2. The van der Waals surface area contributed by atoms with Crippen molar-refractivity contribution in [1.29, 1.82) is 0 Å². The van der Waals surface area contributed by atoms with E-state index in [9.17, 15) is 22.8 Å². The number of aromatic nitrogens is 1. The number of anilines is 3.